The number of amides is 4. The van der Waals surface area contributed by atoms with Gasteiger partial charge in [0.2, 0.25) is 23.6 Å². The Bertz CT molecular complexity index is 2240. The number of rotatable bonds is 15. The molecule has 13 heteroatoms. The Balaban J connectivity index is 0.828. The lowest BCUT2D eigenvalue weighted by Crippen LogP contribution is -2.43. The van der Waals surface area contributed by atoms with E-state index in [2.05, 4.69) is 32.7 Å². The fraction of sp³-hybridized carbons (Fsp3) is 0.422. The van der Waals surface area contributed by atoms with E-state index in [4.69, 9.17) is 9.97 Å². The van der Waals surface area contributed by atoms with E-state index in [1.807, 2.05) is 82.9 Å². The van der Waals surface area contributed by atoms with Crippen LogP contribution in [0.5, 0.6) is 0 Å². The lowest BCUT2D eigenvalue weighted by molar-refractivity contribution is -0.138. The van der Waals surface area contributed by atoms with Gasteiger partial charge in [-0.3, -0.25) is 19.2 Å². The van der Waals surface area contributed by atoms with Crippen LogP contribution >= 0.6 is 11.3 Å². The Morgan fingerprint density at radius 3 is 1.91 bits per heavy atom. The zero-order valence-electron chi connectivity index (χ0n) is 32.6. The molecule has 5 heterocycles. The molecule has 9 rings (SSSR count). The molecule has 3 aromatic heterocycles. The number of nitrogens with one attached hydrogen (secondary N) is 4. The molecule has 58 heavy (non-hydrogen) atoms. The minimum Gasteiger partial charge on any atom is -0.344 e. The Kier molecular flexibility index (Phi) is 11.0. The van der Waals surface area contributed by atoms with Gasteiger partial charge in [-0.25, -0.2) is 9.97 Å². The topological polar surface area (TPSA) is 156 Å². The van der Waals surface area contributed by atoms with Crippen LogP contribution in [0.2, 0.25) is 0 Å². The van der Waals surface area contributed by atoms with Crippen molar-refractivity contribution < 1.29 is 19.2 Å². The maximum absolute atomic E-state index is 14.1. The van der Waals surface area contributed by atoms with Gasteiger partial charge in [0.05, 0.1) is 28.9 Å². The zero-order valence-corrected chi connectivity index (χ0v) is 33.4. The number of hydrogen-bond donors (Lipinski definition) is 4. The van der Waals surface area contributed by atoms with Crippen molar-refractivity contribution in [3.05, 3.63) is 119 Å². The highest BCUT2D eigenvalue weighted by Gasteiger charge is 2.40. The summed E-state index contributed by atoms with van der Waals surface area (Å²) in [7, 11) is 0. The van der Waals surface area contributed by atoms with Crippen LogP contribution in [0.25, 0.3) is 10.6 Å². The van der Waals surface area contributed by atoms with Gasteiger partial charge >= 0.3 is 0 Å². The van der Waals surface area contributed by atoms with Crippen molar-refractivity contribution in [2.24, 2.45) is 11.8 Å². The first-order chi connectivity index (χ1) is 28.4. The van der Waals surface area contributed by atoms with Gasteiger partial charge in [0.25, 0.3) is 0 Å². The summed E-state index contributed by atoms with van der Waals surface area (Å²) in [5.41, 5.74) is 3.51. The van der Waals surface area contributed by atoms with E-state index >= 15 is 0 Å². The first kappa shape index (κ1) is 38.0. The number of aromatic amines is 2. The normalized spacial score (nSPS) is 20.2. The van der Waals surface area contributed by atoms with Crippen LogP contribution in [0.3, 0.4) is 0 Å². The quantitative estimate of drug-likeness (QED) is 0.0904. The highest BCUT2D eigenvalue weighted by Crippen LogP contribution is 2.38. The van der Waals surface area contributed by atoms with Crippen molar-refractivity contribution in [2.75, 3.05) is 13.1 Å². The average Bonchev–Trinajstić information content (AvgIpc) is 3.81. The molecule has 2 aromatic carbocycles. The zero-order chi connectivity index (χ0) is 39.6. The molecule has 4 amide bonds. The van der Waals surface area contributed by atoms with Crippen LogP contribution in [-0.4, -0.2) is 66.5 Å². The van der Waals surface area contributed by atoms with Crippen molar-refractivity contribution in [2.45, 2.75) is 94.8 Å². The van der Waals surface area contributed by atoms with Crippen LogP contribution in [-0.2, 0) is 32.0 Å². The summed E-state index contributed by atoms with van der Waals surface area (Å²) < 4.78 is 0. The van der Waals surface area contributed by atoms with Crippen LogP contribution in [0, 0.1) is 11.8 Å². The van der Waals surface area contributed by atoms with Crippen LogP contribution in [0.4, 0.5) is 0 Å². The molecule has 0 spiro atoms. The number of carbonyl (C=O) groups excluding carboxylic acids is 4. The lowest BCUT2D eigenvalue weighted by Gasteiger charge is -2.28. The van der Waals surface area contributed by atoms with E-state index in [1.54, 1.807) is 11.3 Å². The van der Waals surface area contributed by atoms with E-state index < -0.39 is 12.1 Å². The second-order valence-electron chi connectivity index (χ2n) is 16.3. The summed E-state index contributed by atoms with van der Waals surface area (Å²) in [6.45, 7) is 1.24. The van der Waals surface area contributed by atoms with Crippen molar-refractivity contribution in [3.8, 4) is 10.6 Å². The molecule has 0 unspecified atom stereocenters. The molecule has 4 aliphatic rings. The predicted molar refractivity (Wildman–Crippen MR) is 220 cm³/mol. The molecule has 4 atom stereocenters. The summed E-state index contributed by atoms with van der Waals surface area (Å²) in [4.78, 5) is 76.5. The van der Waals surface area contributed by atoms with E-state index in [-0.39, 0.29) is 41.6 Å². The van der Waals surface area contributed by atoms with Gasteiger partial charge in [0.1, 0.15) is 23.7 Å². The standard InChI is InChI=1S/C45H50N8O4S/c54-38(25-28-15-16-28)50-39(29-9-3-1-4-10-29)44(56)53-24-8-14-36(53)42-47-27-34(49-42)37-22-21-33(58-37)20-19-32-26-46-41(48-32)35-13-7-23-52(35)45(57)40(30-11-5-2-6-12-30)51-43(55)31-17-18-31/h1-6,9-12,21-22,26-28,31,35-36,39-40H,7-8,13-20,23-25H2,(H,46,48)(H,47,49)(H,50,54)(H,51,55)/t35-,36-,39-,40-/m1/s1. The number of benzene rings is 2. The van der Waals surface area contributed by atoms with E-state index in [9.17, 15) is 19.2 Å². The smallest absolute Gasteiger partial charge is 0.250 e. The number of thiophene rings is 1. The number of likely N-dealkylation sites (tertiary alicyclic amines) is 2. The molecular formula is C45H50N8O4S. The molecule has 0 radical (unpaired) electrons. The molecule has 12 nitrogen and oxygen atoms in total. The summed E-state index contributed by atoms with van der Waals surface area (Å²) in [5.74, 6) is 1.68. The Labute approximate surface area is 342 Å². The molecule has 4 N–H and O–H groups in total. The van der Waals surface area contributed by atoms with Crippen molar-refractivity contribution >= 4 is 35.0 Å². The minimum absolute atomic E-state index is 0.00869. The Morgan fingerprint density at radius 2 is 1.29 bits per heavy atom. The van der Waals surface area contributed by atoms with Gasteiger partial charge in [0.15, 0.2) is 0 Å². The van der Waals surface area contributed by atoms with Gasteiger partial charge in [-0.1, -0.05) is 60.7 Å². The summed E-state index contributed by atoms with van der Waals surface area (Å²) in [5, 5.41) is 6.11. The van der Waals surface area contributed by atoms with Crippen LogP contribution < -0.4 is 10.6 Å². The molecule has 300 valence electrons. The Hall–Kier alpha value is -5.56. The van der Waals surface area contributed by atoms with Gasteiger partial charge < -0.3 is 30.4 Å². The average molecular weight is 799 g/mol. The van der Waals surface area contributed by atoms with Crippen molar-refractivity contribution in [3.63, 3.8) is 0 Å². The minimum atomic E-state index is -0.731. The highest BCUT2D eigenvalue weighted by molar-refractivity contribution is 7.15. The number of hydrogen-bond acceptors (Lipinski definition) is 7. The maximum atomic E-state index is 14.1. The van der Waals surface area contributed by atoms with Gasteiger partial charge in [-0.2, -0.15) is 0 Å². The number of H-pyrrole nitrogens is 2. The van der Waals surface area contributed by atoms with Gasteiger partial charge in [-0.15, -0.1) is 11.3 Å². The van der Waals surface area contributed by atoms with E-state index in [1.165, 1.54) is 4.88 Å². The molecule has 2 saturated heterocycles. The van der Waals surface area contributed by atoms with Gasteiger partial charge in [0, 0.05) is 42.2 Å². The molecule has 5 aromatic rings. The first-order valence-electron chi connectivity index (χ1n) is 20.9. The number of aryl methyl sites for hydroxylation is 2. The third kappa shape index (κ3) is 8.50. The van der Waals surface area contributed by atoms with Crippen molar-refractivity contribution in [1.82, 2.24) is 40.4 Å². The monoisotopic (exact) mass is 798 g/mol. The second-order valence-corrected chi connectivity index (χ2v) is 17.5. The SMILES string of the molecule is O=C(CC1CC1)N[C@@H](C(=O)N1CCC[C@@H]1c1ncc(-c2ccc(CCc3cnc([C@H]4CCCN4C(=O)[C@H](NC(=O)C4CC4)c4ccccc4)[nH]3)s2)[nH]1)c1ccccc1. The molecule has 2 aliphatic carbocycles. The van der Waals surface area contributed by atoms with E-state index in [0.717, 1.165) is 103 Å². The molecule has 4 fully saturated rings. The summed E-state index contributed by atoms with van der Waals surface area (Å²) in [6, 6.07) is 21.5. The second kappa shape index (κ2) is 16.7. The molecule has 2 saturated carbocycles. The summed E-state index contributed by atoms with van der Waals surface area (Å²) in [6.07, 6.45) is 13.1. The first-order valence-corrected chi connectivity index (χ1v) is 21.7. The van der Waals surface area contributed by atoms with E-state index in [0.29, 0.717) is 25.4 Å². The number of carbonyl (C=O) groups is 4. The fourth-order valence-corrected chi connectivity index (χ4v) is 9.43. The highest BCUT2D eigenvalue weighted by atomic mass is 32.1. The fourth-order valence-electron chi connectivity index (χ4n) is 8.46. The van der Waals surface area contributed by atoms with Crippen LogP contribution in [0.15, 0.2) is 85.2 Å². The lowest BCUT2D eigenvalue weighted by atomic mass is 10.0. The number of aromatic nitrogens is 4. The number of imidazole rings is 2. The third-order valence-electron chi connectivity index (χ3n) is 12.0. The Morgan fingerprint density at radius 1 is 0.690 bits per heavy atom. The molecular weight excluding hydrogens is 749 g/mol. The van der Waals surface area contributed by atoms with Crippen LogP contribution in [0.1, 0.15) is 115 Å². The largest absolute Gasteiger partial charge is 0.344 e. The summed E-state index contributed by atoms with van der Waals surface area (Å²) >= 11 is 1.71. The predicted octanol–water partition coefficient (Wildman–Crippen LogP) is 6.90. The number of nitrogens with zero attached hydrogens (tertiary/aromatic N) is 4. The maximum Gasteiger partial charge on any atom is 0.250 e. The molecule has 0 bridgehead atoms. The van der Waals surface area contributed by atoms with Crippen molar-refractivity contribution in [1.29, 1.82) is 0 Å². The van der Waals surface area contributed by atoms with Gasteiger partial charge in [-0.05, 0) is 93.4 Å². The third-order valence-corrected chi connectivity index (χ3v) is 13.2. The molecule has 2 aliphatic heterocycles.